The first kappa shape index (κ1) is 13.8. The lowest BCUT2D eigenvalue weighted by atomic mass is 10.0. The fourth-order valence-electron chi connectivity index (χ4n) is 2.56. The number of para-hydroxylation sites is 1. The molecule has 0 saturated carbocycles. The van der Waals surface area contributed by atoms with Crippen LogP contribution in [0.1, 0.15) is 18.4 Å². The molecule has 0 bridgehead atoms. The van der Waals surface area contributed by atoms with E-state index < -0.39 is 0 Å². The minimum atomic E-state index is 0.0320. The molecule has 2 aromatic rings. The minimum absolute atomic E-state index is 0.0320. The molecule has 0 atom stereocenters. The molecule has 0 aliphatic carbocycles. The quantitative estimate of drug-likeness (QED) is 0.667. The van der Waals surface area contributed by atoms with Crippen LogP contribution in [0.25, 0.3) is 10.9 Å². The third-order valence-corrected chi connectivity index (χ3v) is 3.79. The van der Waals surface area contributed by atoms with E-state index in [4.69, 9.17) is 20.6 Å². The molecule has 0 radical (unpaired) electrons. The van der Waals surface area contributed by atoms with E-state index in [1.807, 2.05) is 24.3 Å². The predicted octanol–water partition coefficient (Wildman–Crippen LogP) is 2.32. The van der Waals surface area contributed by atoms with Crippen molar-refractivity contribution in [3.63, 3.8) is 0 Å². The van der Waals surface area contributed by atoms with Crippen molar-refractivity contribution >= 4 is 16.7 Å². The molecule has 1 aromatic heterocycles. The maximum atomic E-state index is 7.72. The van der Waals surface area contributed by atoms with Gasteiger partial charge in [-0.15, -0.1) is 0 Å². The zero-order chi connectivity index (χ0) is 14.7. The first-order valence-electron chi connectivity index (χ1n) is 7.19. The number of amidine groups is 1. The van der Waals surface area contributed by atoms with Crippen molar-refractivity contribution in [3.05, 3.63) is 35.9 Å². The van der Waals surface area contributed by atoms with Crippen LogP contribution in [0.4, 0.5) is 0 Å². The van der Waals surface area contributed by atoms with E-state index >= 15 is 0 Å². The standard InChI is InChI=1S/C16H19N3O2/c17-16(18)13-9-15(19-14-4-2-1-3-12(13)14)21-10-11-5-7-20-8-6-11/h1-4,9,11H,5-8,10H2,(H3,17,18). The Bertz CT molecular complexity index is 651. The summed E-state index contributed by atoms with van der Waals surface area (Å²) < 4.78 is 11.2. The molecular formula is C16H19N3O2. The Hall–Kier alpha value is -2.14. The zero-order valence-electron chi connectivity index (χ0n) is 11.8. The molecule has 3 N–H and O–H groups in total. The van der Waals surface area contributed by atoms with Gasteiger partial charge in [-0.05, 0) is 24.8 Å². The average molecular weight is 285 g/mol. The number of nitrogens with two attached hydrogens (primary N) is 1. The van der Waals surface area contributed by atoms with Crippen molar-refractivity contribution in [1.29, 1.82) is 5.41 Å². The summed E-state index contributed by atoms with van der Waals surface area (Å²) in [5, 5.41) is 8.60. The van der Waals surface area contributed by atoms with Crippen LogP contribution in [0.15, 0.2) is 30.3 Å². The van der Waals surface area contributed by atoms with Crippen molar-refractivity contribution < 1.29 is 9.47 Å². The summed E-state index contributed by atoms with van der Waals surface area (Å²) >= 11 is 0. The lowest BCUT2D eigenvalue weighted by Crippen LogP contribution is -2.22. The van der Waals surface area contributed by atoms with Gasteiger partial charge in [0.25, 0.3) is 0 Å². The van der Waals surface area contributed by atoms with Gasteiger partial charge in [-0.25, -0.2) is 4.98 Å². The van der Waals surface area contributed by atoms with E-state index in [2.05, 4.69) is 4.98 Å². The second kappa shape index (κ2) is 6.10. The van der Waals surface area contributed by atoms with Crippen molar-refractivity contribution in [1.82, 2.24) is 4.98 Å². The van der Waals surface area contributed by atoms with Gasteiger partial charge in [0.1, 0.15) is 5.84 Å². The van der Waals surface area contributed by atoms with Gasteiger partial charge in [-0.3, -0.25) is 5.41 Å². The fourth-order valence-corrected chi connectivity index (χ4v) is 2.56. The Balaban J connectivity index is 1.83. The van der Waals surface area contributed by atoms with Crippen LogP contribution in [0.3, 0.4) is 0 Å². The minimum Gasteiger partial charge on any atom is -0.477 e. The molecule has 5 nitrogen and oxygen atoms in total. The molecule has 0 unspecified atom stereocenters. The number of aromatic nitrogens is 1. The van der Waals surface area contributed by atoms with Crippen LogP contribution in [-0.4, -0.2) is 30.6 Å². The number of ether oxygens (including phenoxy) is 2. The van der Waals surface area contributed by atoms with Crippen LogP contribution >= 0.6 is 0 Å². The smallest absolute Gasteiger partial charge is 0.214 e. The molecule has 1 aliphatic heterocycles. The average Bonchev–Trinajstić information content (AvgIpc) is 2.53. The number of fused-ring (bicyclic) bond motifs is 1. The molecule has 0 amide bonds. The van der Waals surface area contributed by atoms with Crippen molar-refractivity contribution in [2.24, 2.45) is 11.7 Å². The van der Waals surface area contributed by atoms with Gasteiger partial charge in [-0.2, -0.15) is 0 Å². The number of hydrogen-bond acceptors (Lipinski definition) is 4. The van der Waals surface area contributed by atoms with E-state index in [0.717, 1.165) is 37.0 Å². The highest BCUT2D eigenvalue weighted by Crippen LogP contribution is 2.23. The molecule has 1 aromatic carbocycles. The number of nitrogen functional groups attached to an aromatic ring is 1. The first-order valence-corrected chi connectivity index (χ1v) is 7.19. The van der Waals surface area contributed by atoms with E-state index in [-0.39, 0.29) is 5.84 Å². The summed E-state index contributed by atoms with van der Waals surface area (Å²) in [7, 11) is 0. The van der Waals surface area contributed by atoms with Gasteiger partial charge in [0.15, 0.2) is 0 Å². The normalized spacial score (nSPS) is 16.0. The number of hydrogen-bond donors (Lipinski definition) is 2. The molecule has 5 heteroatoms. The highest BCUT2D eigenvalue weighted by molar-refractivity contribution is 6.06. The Morgan fingerprint density at radius 1 is 1.33 bits per heavy atom. The maximum Gasteiger partial charge on any atom is 0.214 e. The number of benzene rings is 1. The second-order valence-corrected chi connectivity index (χ2v) is 5.31. The van der Waals surface area contributed by atoms with E-state index in [1.165, 1.54) is 0 Å². The van der Waals surface area contributed by atoms with Crippen LogP contribution in [0.5, 0.6) is 5.88 Å². The molecular weight excluding hydrogens is 266 g/mol. The Labute approximate surface area is 123 Å². The third kappa shape index (κ3) is 3.13. The van der Waals surface area contributed by atoms with Gasteiger partial charge >= 0.3 is 0 Å². The summed E-state index contributed by atoms with van der Waals surface area (Å²) in [6, 6.07) is 9.41. The van der Waals surface area contributed by atoms with Gasteiger partial charge < -0.3 is 15.2 Å². The highest BCUT2D eigenvalue weighted by atomic mass is 16.5. The highest BCUT2D eigenvalue weighted by Gasteiger charge is 2.15. The van der Waals surface area contributed by atoms with Gasteiger partial charge in [0.05, 0.1) is 12.1 Å². The zero-order valence-corrected chi connectivity index (χ0v) is 11.8. The van der Waals surface area contributed by atoms with Crippen LogP contribution < -0.4 is 10.5 Å². The van der Waals surface area contributed by atoms with E-state index in [0.29, 0.717) is 24.0 Å². The number of nitrogens with one attached hydrogen (secondary N) is 1. The monoisotopic (exact) mass is 285 g/mol. The summed E-state index contributed by atoms with van der Waals surface area (Å²) in [6.07, 6.45) is 2.04. The first-order chi connectivity index (χ1) is 10.2. The number of nitrogens with zero attached hydrogens (tertiary/aromatic N) is 1. The third-order valence-electron chi connectivity index (χ3n) is 3.79. The van der Waals surface area contributed by atoms with Crippen LogP contribution in [-0.2, 0) is 4.74 Å². The SMILES string of the molecule is N=C(N)c1cc(OCC2CCOCC2)nc2ccccc12. The van der Waals surface area contributed by atoms with Gasteiger partial charge in [0, 0.05) is 30.2 Å². The van der Waals surface area contributed by atoms with Crippen molar-refractivity contribution in [3.8, 4) is 5.88 Å². The van der Waals surface area contributed by atoms with E-state index in [1.54, 1.807) is 6.07 Å². The summed E-state index contributed by atoms with van der Waals surface area (Å²) in [6.45, 7) is 2.24. The van der Waals surface area contributed by atoms with Crippen molar-refractivity contribution in [2.75, 3.05) is 19.8 Å². The molecule has 1 aliphatic rings. The Morgan fingerprint density at radius 3 is 2.86 bits per heavy atom. The lowest BCUT2D eigenvalue weighted by Gasteiger charge is -2.22. The molecule has 1 saturated heterocycles. The fraction of sp³-hybridized carbons (Fsp3) is 0.375. The molecule has 110 valence electrons. The van der Waals surface area contributed by atoms with E-state index in [9.17, 15) is 0 Å². The molecule has 21 heavy (non-hydrogen) atoms. The number of rotatable bonds is 4. The molecule has 0 spiro atoms. The largest absolute Gasteiger partial charge is 0.477 e. The van der Waals surface area contributed by atoms with Gasteiger partial charge in [0.2, 0.25) is 5.88 Å². The summed E-state index contributed by atoms with van der Waals surface area (Å²) in [4.78, 5) is 4.50. The number of pyridine rings is 1. The maximum absolute atomic E-state index is 7.72. The molecule has 2 heterocycles. The Morgan fingerprint density at radius 2 is 2.10 bits per heavy atom. The second-order valence-electron chi connectivity index (χ2n) is 5.31. The van der Waals surface area contributed by atoms with Gasteiger partial charge in [-0.1, -0.05) is 18.2 Å². The molecule has 1 fully saturated rings. The lowest BCUT2D eigenvalue weighted by molar-refractivity contribution is 0.0491. The topological polar surface area (TPSA) is 81.2 Å². The summed E-state index contributed by atoms with van der Waals surface area (Å²) in [5.74, 6) is 1.07. The Kier molecular flexibility index (Phi) is 4.01. The molecule has 3 rings (SSSR count). The van der Waals surface area contributed by atoms with Crippen LogP contribution in [0.2, 0.25) is 0 Å². The predicted molar refractivity (Wildman–Crippen MR) is 81.8 cm³/mol. The summed E-state index contributed by atoms with van der Waals surface area (Å²) in [5.41, 5.74) is 7.14. The van der Waals surface area contributed by atoms with Crippen LogP contribution in [0, 0.1) is 11.3 Å². The van der Waals surface area contributed by atoms with Crippen molar-refractivity contribution in [2.45, 2.75) is 12.8 Å².